The molecule has 0 bridgehead atoms. The SMILES string of the molecule is N#CCC(=O)NCCS. The fourth-order valence-corrected chi connectivity index (χ4v) is 0.441. The number of thiol groups is 1. The first-order valence-electron chi connectivity index (χ1n) is 2.55. The maximum Gasteiger partial charge on any atom is 0.234 e. The van der Waals surface area contributed by atoms with Gasteiger partial charge in [-0.3, -0.25) is 4.79 Å². The Kier molecular flexibility index (Phi) is 5.03. The van der Waals surface area contributed by atoms with Gasteiger partial charge in [0.25, 0.3) is 0 Å². The van der Waals surface area contributed by atoms with Crippen molar-refractivity contribution in [1.29, 1.82) is 5.26 Å². The number of nitrogens with one attached hydrogen (secondary N) is 1. The Balaban J connectivity index is 3.19. The first-order chi connectivity index (χ1) is 4.31. The zero-order valence-corrected chi connectivity index (χ0v) is 5.82. The van der Waals surface area contributed by atoms with Crippen LogP contribution in [0, 0.1) is 11.3 Å². The molecule has 0 aliphatic carbocycles. The normalized spacial score (nSPS) is 8.00. The number of rotatable bonds is 3. The number of carbonyl (C=O) groups excluding carboxylic acids is 1. The molecular weight excluding hydrogens is 136 g/mol. The standard InChI is InChI=1S/C5H8N2OS/c6-2-1-5(8)7-3-4-9/h9H,1,3-4H2,(H,7,8). The molecule has 4 heteroatoms. The largest absolute Gasteiger partial charge is 0.354 e. The fourth-order valence-electron chi connectivity index (χ4n) is 0.330. The molecule has 0 aromatic rings. The van der Waals surface area contributed by atoms with E-state index >= 15 is 0 Å². The van der Waals surface area contributed by atoms with Crippen molar-refractivity contribution in [1.82, 2.24) is 5.32 Å². The third kappa shape index (κ3) is 5.18. The molecule has 0 aromatic heterocycles. The lowest BCUT2D eigenvalue weighted by Crippen LogP contribution is -2.24. The van der Waals surface area contributed by atoms with Gasteiger partial charge in [0.2, 0.25) is 5.91 Å². The van der Waals surface area contributed by atoms with Crippen LogP contribution < -0.4 is 5.32 Å². The maximum atomic E-state index is 10.4. The first-order valence-corrected chi connectivity index (χ1v) is 3.19. The number of carbonyl (C=O) groups is 1. The van der Waals surface area contributed by atoms with Crippen molar-refractivity contribution >= 4 is 18.5 Å². The zero-order chi connectivity index (χ0) is 7.11. The average Bonchev–Trinajstić information content (AvgIpc) is 1.85. The van der Waals surface area contributed by atoms with E-state index in [9.17, 15) is 4.79 Å². The molecule has 3 nitrogen and oxygen atoms in total. The van der Waals surface area contributed by atoms with E-state index in [1.807, 2.05) is 0 Å². The van der Waals surface area contributed by atoms with Crippen LogP contribution in [-0.4, -0.2) is 18.2 Å². The van der Waals surface area contributed by atoms with Gasteiger partial charge in [0.05, 0.1) is 6.07 Å². The molecular formula is C5H8N2OS. The summed E-state index contributed by atoms with van der Waals surface area (Å²) >= 11 is 3.87. The van der Waals surface area contributed by atoms with E-state index in [1.54, 1.807) is 6.07 Å². The Morgan fingerprint density at radius 3 is 2.89 bits per heavy atom. The number of hydrogen-bond donors (Lipinski definition) is 2. The zero-order valence-electron chi connectivity index (χ0n) is 4.92. The van der Waals surface area contributed by atoms with Gasteiger partial charge in [-0.05, 0) is 0 Å². The van der Waals surface area contributed by atoms with E-state index in [1.165, 1.54) is 0 Å². The molecule has 0 saturated heterocycles. The molecule has 50 valence electrons. The monoisotopic (exact) mass is 144 g/mol. The summed E-state index contributed by atoms with van der Waals surface area (Å²) < 4.78 is 0. The van der Waals surface area contributed by atoms with E-state index < -0.39 is 0 Å². The van der Waals surface area contributed by atoms with Crippen molar-refractivity contribution in [3.8, 4) is 6.07 Å². The summed E-state index contributed by atoms with van der Waals surface area (Å²) in [7, 11) is 0. The van der Waals surface area contributed by atoms with E-state index in [0.717, 1.165) is 0 Å². The van der Waals surface area contributed by atoms with Crippen LogP contribution in [0.15, 0.2) is 0 Å². The van der Waals surface area contributed by atoms with Gasteiger partial charge >= 0.3 is 0 Å². The summed E-state index contributed by atoms with van der Waals surface area (Å²) in [6, 6.07) is 1.74. The lowest BCUT2D eigenvalue weighted by Gasteiger charge is -1.95. The second-order valence-electron chi connectivity index (χ2n) is 1.41. The van der Waals surface area contributed by atoms with Crippen LogP contribution in [0.3, 0.4) is 0 Å². The molecule has 0 aliphatic rings. The van der Waals surface area contributed by atoms with Crippen molar-refractivity contribution in [2.24, 2.45) is 0 Å². The second-order valence-corrected chi connectivity index (χ2v) is 1.86. The molecule has 0 atom stereocenters. The van der Waals surface area contributed by atoms with Crippen LogP contribution in [0.1, 0.15) is 6.42 Å². The van der Waals surface area contributed by atoms with E-state index in [0.29, 0.717) is 12.3 Å². The lowest BCUT2D eigenvalue weighted by molar-refractivity contribution is -0.119. The lowest BCUT2D eigenvalue weighted by atomic mass is 10.4. The van der Waals surface area contributed by atoms with Gasteiger partial charge in [-0.25, -0.2) is 0 Å². The summed E-state index contributed by atoms with van der Waals surface area (Å²) in [6.45, 7) is 0.531. The van der Waals surface area contributed by atoms with Crippen molar-refractivity contribution in [3.05, 3.63) is 0 Å². The second kappa shape index (κ2) is 5.45. The number of amides is 1. The highest BCUT2D eigenvalue weighted by Crippen LogP contribution is 1.75. The predicted octanol–water partition coefficient (Wildman–Crippen LogP) is -0.0539. The third-order valence-corrected chi connectivity index (χ3v) is 0.897. The van der Waals surface area contributed by atoms with Gasteiger partial charge in [0.1, 0.15) is 6.42 Å². The van der Waals surface area contributed by atoms with Gasteiger partial charge < -0.3 is 5.32 Å². The topological polar surface area (TPSA) is 52.9 Å². The molecule has 0 heterocycles. The summed E-state index contributed by atoms with van der Waals surface area (Å²) in [5, 5.41) is 10.5. The first kappa shape index (κ1) is 8.31. The minimum atomic E-state index is -0.230. The van der Waals surface area contributed by atoms with Crippen molar-refractivity contribution in [3.63, 3.8) is 0 Å². The fraction of sp³-hybridized carbons (Fsp3) is 0.600. The molecule has 0 aromatic carbocycles. The van der Waals surface area contributed by atoms with E-state index in [2.05, 4.69) is 17.9 Å². The highest BCUT2D eigenvalue weighted by Gasteiger charge is 1.94. The van der Waals surface area contributed by atoms with E-state index in [-0.39, 0.29) is 12.3 Å². The van der Waals surface area contributed by atoms with Crippen LogP contribution in [0.4, 0.5) is 0 Å². The Labute approximate surface area is 59.5 Å². The smallest absolute Gasteiger partial charge is 0.234 e. The summed E-state index contributed by atoms with van der Waals surface area (Å²) in [5.41, 5.74) is 0. The quantitative estimate of drug-likeness (QED) is 0.545. The van der Waals surface area contributed by atoms with Crippen LogP contribution >= 0.6 is 12.6 Å². The summed E-state index contributed by atoms with van der Waals surface area (Å²) in [6.07, 6.45) is -0.0617. The number of nitriles is 1. The van der Waals surface area contributed by atoms with Crippen molar-refractivity contribution < 1.29 is 4.79 Å². The van der Waals surface area contributed by atoms with Crippen LogP contribution in [-0.2, 0) is 4.79 Å². The van der Waals surface area contributed by atoms with Crippen LogP contribution in [0.25, 0.3) is 0 Å². The average molecular weight is 144 g/mol. The molecule has 0 rings (SSSR count). The maximum absolute atomic E-state index is 10.4. The number of nitrogens with zero attached hydrogens (tertiary/aromatic N) is 1. The molecule has 0 radical (unpaired) electrons. The van der Waals surface area contributed by atoms with E-state index in [4.69, 9.17) is 5.26 Å². The minimum absolute atomic E-state index is 0.0617. The molecule has 1 amide bonds. The summed E-state index contributed by atoms with van der Waals surface area (Å²) in [5.74, 6) is 0.378. The van der Waals surface area contributed by atoms with Crippen LogP contribution in [0.2, 0.25) is 0 Å². The molecule has 9 heavy (non-hydrogen) atoms. The highest BCUT2D eigenvalue weighted by molar-refractivity contribution is 7.80. The molecule has 0 saturated carbocycles. The highest BCUT2D eigenvalue weighted by atomic mass is 32.1. The van der Waals surface area contributed by atoms with Gasteiger partial charge in [-0.15, -0.1) is 0 Å². The van der Waals surface area contributed by atoms with Gasteiger partial charge in [-0.1, -0.05) is 0 Å². The molecule has 1 N–H and O–H groups in total. The molecule has 0 aliphatic heterocycles. The van der Waals surface area contributed by atoms with Gasteiger partial charge in [0, 0.05) is 12.3 Å². The summed E-state index contributed by atoms with van der Waals surface area (Å²) in [4.78, 5) is 10.4. The molecule has 0 spiro atoms. The minimum Gasteiger partial charge on any atom is -0.354 e. The van der Waals surface area contributed by atoms with Crippen LogP contribution in [0.5, 0.6) is 0 Å². The van der Waals surface area contributed by atoms with Crippen molar-refractivity contribution in [2.75, 3.05) is 12.3 Å². The third-order valence-electron chi connectivity index (χ3n) is 0.674. The predicted molar refractivity (Wildman–Crippen MR) is 37.1 cm³/mol. The van der Waals surface area contributed by atoms with Crippen molar-refractivity contribution in [2.45, 2.75) is 6.42 Å². The van der Waals surface area contributed by atoms with Gasteiger partial charge in [0.15, 0.2) is 0 Å². The molecule has 0 unspecified atom stereocenters. The Morgan fingerprint density at radius 1 is 1.78 bits per heavy atom. The Bertz CT molecular complexity index is 129. The number of hydrogen-bond acceptors (Lipinski definition) is 3. The Hall–Kier alpha value is -0.690. The molecule has 0 fully saturated rings. The Morgan fingerprint density at radius 2 is 2.44 bits per heavy atom. The van der Waals surface area contributed by atoms with Gasteiger partial charge in [-0.2, -0.15) is 17.9 Å².